The second-order valence-corrected chi connectivity index (χ2v) is 11.5. The number of nitrogens with zero attached hydrogens (tertiary/aromatic N) is 3. The van der Waals surface area contributed by atoms with E-state index in [0.717, 1.165) is 31.2 Å². The van der Waals surface area contributed by atoms with Gasteiger partial charge in [-0.25, -0.2) is 6.57 Å². The van der Waals surface area contributed by atoms with E-state index in [2.05, 4.69) is 35.9 Å². The number of benzene rings is 1. The van der Waals surface area contributed by atoms with Crippen molar-refractivity contribution in [3.05, 3.63) is 71.3 Å². The van der Waals surface area contributed by atoms with E-state index in [0.29, 0.717) is 24.1 Å². The number of carbonyl (C=O) groups is 2. The van der Waals surface area contributed by atoms with Gasteiger partial charge in [0.25, 0.3) is 0 Å². The largest absolute Gasteiger partial charge is 0.351 e. The van der Waals surface area contributed by atoms with Crippen LogP contribution in [-0.4, -0.2) is 33.7 Å². The summed E-state index contributed by atoms with van der Waals surface area (Å²) in [5.41, 5.74) is 0.412. The molecule has 3 unspecified atom stereocenters. The number of anilines is 1. The summed E-state index contributed by atoms with van der Waals surface area (Å²) in [6.07, 6.45) is 9.62. The van der Waals surface area contributed by atoms with Crippen molar-refractivity contribution in [3.8, 4) is 0 Å². The Morgan fingerprint density at radius 3 is 2.41 bits per heavy atom. The summed E-state index contributed by atoms with van der Waals surface area (Å²) in [5, 5.41) is 14.2. The summed E-state index contributed by atoms with van der Waals surface area (Å²) in [6.45, 7) is 14.0. The second-order valence-electron chi connectivity index (χ2n) is 11.5. The van der Waals surface area contributed by atoms with Crippen molar-refractivity contribution in [1.29, 1.82) is 0 Å². The molecule has 4 rings (SSSR count). The smallest absolute Gasteiger partial charge is 0.346 e. The van der Waals surface area contributed by atoms with E-state index in [1.807, 2.05) is 24.3 Å². The molecule has 2 saturated carbocycles. The third kappa shape index (κ3) is 5.86. The van der Waals surface area contributed by atoms with Crippen LogP contribution in [0.1, 0.15) is 89.3 Å². The first-order chi connectivity index (χ1) is 17.6. The Labute approximate surface area is 220 Å². The molecule has 1 heterocycles. The third-order valence-electron chi connectivity index (χ3n) is 7.79. The van der Waals surface area contributed by atoms with Gasteiger partial charge in [0, 0.05) is 29.7 Å². The Hall–Kier alpha value is -3.24. The second kappa shape index (κ2) is 11.0. The van der Waals surface area contributed by atoms with Crippen LogP contribution in [0.4, 0.5) is 5.69 Å². The van der Waals surface area contributed by atoms with E-state index in [9.17, 15) is 14.7 Å². The van der Waals surface area contributed by atoms with Crippen LogP contribution in [0.5, 0.6) is 0 Å². The molecule has 2 aliphatic carbocycles. The lowest BCUT2D eigenvalue weighted by Gasteiger charge is -2.35. The molecular weight excluding hydrogens is 464 g/mol. The first-order valence-electron chi connectivity index (χ1n) is 13.4. The van der Waals surface area contributed by atoms with Crippen LogP contribution in [0.3, 0.4) is 0 Å². The van der Waals surface area contributed by atoms with E-state index in [1.165, 1.54) is 11.3 Å². The number of carbonyl (C=O) groups excluding carboxylic acids is 2. The van der Waals surface area contributed by atoms with Crippen molar-refractivity contribution in [2.75, 3.05) is 4.90 Å². The van der Waals surface area contributed by atoms with Crippen LogP contribution >= 0.6 is 0 Å². The minimum atomic E-state index is -1.76. The molecule has 1 aromatic heterocycles. The van der Waals surface area contributed by atoms with Gasteiger partial charge in [0.2, 0.25) is 11.8 Å². The Morgan fingerprint density at radius 1 is 1.11 bits per heavy atom. The van der Waals surface area contributed by atoms with Crippen LogP contribution in [0.25, 0.3) is 4.85 Å². The molecule has 196 valence electrons. The predicted octanol–water partition coefficient (Wildman–Crippen LogP) is 5.31. The Morgan fingerprint density at radius 2 is 1.81 bits per heavy atom. The van der Waals surface area contributed by atoms with Crippen LogP contribution < -0.4 is 10.2 Å². The number of hydrogen-bond donors (Lipinski definition) is 2. The number of aliphatic hydroxyl groups is 1. The zero-order chi connectivity index (χ0) is 26.6. The summed E-state index contributed by atoms with van der Waals surface area (Å²) in [7, 11) is 0. The number of rotatable bonds is 6. The Kier molecular flexibility index (Phi) is 7.99. The van der Waals surface area contributed by atoms with Gasteiger partial charge in [-0.3, -0.25) is 24.3 Å². The van der Waals surface area contributed by atoms with Crippen molar-refractivity contribution in [1.82, 2.24) is 10.3 Å². The highest BCUT2D eigenvalue weighted by molar-refractivity contribution is 6.03. The van der Waals surface area contributed by atoms with Crippen LogP contribution in [0.15, 0.2) is 48.8 Å². The molecule has 2 aliphatic rings. The summed E-state index contributed by atoms with van der Waals surface area (Å²) in [4.78, 5) is 37.4. The fourth-order valence-electron chi connectivity index (χ4n) is 5.60. The van der Waals surface area contributed by atoms with Gasteiger partial charge < -0.3 is 10.4 Å². The lowest BCUT2D eigenvalue weighted by atomic mass is 9.87. The number of nitrogens with one attached hydrogen (secondary N) is 1. The molecule has 0 aliphatic heterocycles. The van der Waals surface area contributed by atoms with E-state index in [1.54, 1.807) is 24.5 Å². The molecule has 0 saturated heterocycles. The first kappa shape index (κ1) is 26.8. The molecule has 2 N–H and O–H groups in total. The van der Waals surface area contributed by atoms with Crippen molar-refractivity contribution >= 4 is 17.5 Å². The Bertz CT molecular complexity index is 1130. The van der Waals surface area contributed by atoms with Crippen molar-refractivity contribution in [2.45, 2.75) is 95.4 Å². The lowest BCUT2D eigenvalue weighted by molar-refractivity contribution is -0.132. The van der Waals surface area contributed by atoms with E-state index < -0.39 is 23.6 Å². The van der Waals surface area contributed by atoms with Gasteiger partial charge in [0.1, 0.15) is 12.0 Å². The zero-order valence-corrected chi connectivity index (χ0v) is 22.1. The zero-order valence-electron chi connectivity index (χ0n) is 22.1. The van der Waals surface area contributed by atoms with Gasteiger partial charge >= 0.3 is 5.72 Å². The fraction of sp³-hybridized carbons (Fsp3) is 0.533. The molecule has 0 radical (unpaired) electrons. The summed E-state index contributed by atoms with van der Waals surface area (Å²) >= 11 is 0. The van der Waals surface area contributed by atoms with Crippen LogP contribution in [-0.2, 0) is 15.0 Å². The molecular formula is C30H38N4O3. The molecule has 3 atom stereocenters. The van der Waals surface area contributed by atoms with Crippen molar-refractivity contribution in [3.63, 3.8) is 0 Å². The maximum atomic E-state index is 14.2. The average molecular weight is 503 g/mol. The van der Waals surface area contributed by atoms with Gasteiger partial charge in [-0.05, 0) is 54.9 Å². The summed E-state index contributed by atoms with van der Waals surface area (Å²) < 4.78 is 0. The Balaban J connectivity index is 1.80. The minimum absolute atomic E-state index is 0.0623. The molecule has 2 aromatic rings. The number of hydrogen-bond acceptors (Lipinski definition) is 4. The molecule has 7 nitrogen and oxygen atoms in total. The fourth-order valence-corrected chi connectivity index (χ4v) is 5.60. The number of amides is 2. The molecule has 0 spiro atoms. The van der Waals surface area contributed by atoms with E-state index >= 15 is 0 Å². The topological polar surface area (TPSA) is 86.9 Å². The molecule has 1 aromatic carbocycles. The minimum Gasteiger partial charge on any atom is -0.351 e. The highest BCUT2D eigenvalue weighted by atomic mass is 16.3. The number of aromatic nitrogens is 1. The van der Waals surface area contributed by atoms with Gasteiger partial charge in [-0.2, -0.15) is 0 Å². The quantitative estimate of drug-likeness (QED) is 0.524. The van der Waals surface area contributed by atoms with E-state index in [-0.39, 0.29) is 23.8 Å². The van der Waals surface area contributed by atoms with Crippen LogP contribution in [0.2, 0.25) is 0 Å². The van der Waals surface area contributed by atoms with Gasteiger partial charge in [0.05, 0.1) is 6.42 Å². The molecule has 2 amide bonds. The standard InChI is InChI=1S/C30H38N4O3/c1-29(2,3)22-14-16-24(17-15-22)34(28(36)25-13-8-18-30(25,37)31-4)26(21-10-9-19-32-20-21)27(35)33-23-11-6-5-7-12-23/h9-10,14-17,19-20,23,25-26,37H,5-8,11-13,18H2,1-3H3,(H,33,35). The molecule has 2 fully saturated rings. The first-order valence-corrected chi connectivity index (χ1v) is 13.4. The lowest BCUT2D eigenvalue weighted by Crippen LogP contribution is -2.51. The average Bonchev–Trinajstić information content (AvgIpc) is 3.29. The SMILES string of the molecule is [C-]#[N+]C1(O)CCCC1C(=O)N(c1ccc(C(C)(C)C)cc1)C(C(=O)NC1CCCCC1)c1cccnc1. The van der Waals surface area contributed by atoms with Gasteiger partial charge in [-0.15, -0.1) is 0 Å². The monoisotopic (exact) mass is 502 g/mol. The van der Waals surface area contributed by atoms with Crippen LogP contribution in [0, 0.1) is 12.5 Å². The predicted molar refractivity (Wildman–Crippen MR) is 144 cm³/mol. The highest BCUT2D eigenvalue weighted by Crippen LogP contribution is 2.41. The molecule has 37 heavy (non-hydrogen) atoms. The summed E-state index contributed by atoms with van der Waals surface area (Å²) in [6, 6.07) is 10.3. The van der Waals surface area contributed by atoms with Crippen molar-refractivity contribution in [2.24, 2.45) is 5.92 Å². The normalized spacial score (nSPS) is 23.2. The van der Waals surface area contributed by atoms with Gasteiger partial charge in [-0.1, -0.05) is 58.2 Å². The van der Waals surface area contributed by atoms with Gasteiger partial charge in [0.15, 0.2) is 0 Å². The third-order valence-corrected chi connectivity index (χ3v) is 7.79. The molecule has 7 heteroatoms. The maximum Gasteiger partial charge on any atom is 0.346 e. The number of pyridine rings is 1. The summed E-state index contributed by atoms with van der Waals surface area (Å²) in [5.74, 6) is -1.58. The molecule has 0 bridgehead atoms. The van der Waals surface area contributed by atoms with Crippen molar-refractivity contribution < 1.29 is 14.7 Å². The highest BCUT2D eigenvalue weighted by Gasteiger charge is 2.54. The maximum absolute atomic E-state index is 14.2. The van der Waals surface area contributed by atoms with E-state index in [4.69, 9.17) is 6.57 Å².